The van der Waals surface area contributed by atoms with Crippen LogP contribution in [0.3, 0.4) is 0 Å². The number of carboxylic acid groups (broad SMARTS) is 1. The number of aliphatic carboxylic acids is 1. The summed E-state index contributed by atoms with van der Waals surface area (Å²) >= 11 is 0.782. The lowest BCUT2D eigenvalue weighted by atomic mass is 10.2. The molecule has 2 aromatic rings. The maximum Gasteiger partial charge on any atom is 0.269 e. The van der Waals surface area contributed by atoms with Crippen molar-refractivity contribution in [3.63, 3.8) is 0 Å². The molecular formula is C15H8F2NO4S-. The SMILES string of the molecule is O=C([O-])/C(=C\c1ccc(F)c(F)c1)Sc1ccc([N+](=O)[O-])cc1. The highest BCUT2D eigenvalue weighted by Crippen LogP contribution is 2.29. The maximum absolute atomic E-state index is 13.1. The van der Waals surface area contributed by atoms with Gasteiger partial charge in [0.25, 0.3) is 5.69 Å². The lowest BCUT2D eigenvalue weighted by Crippen LogP contribution is -2.22. The van der Waals surface area contributed by atoms with Gasteiger partial charge in [0.2, 0.25) is 0 Å². The van der Waals surface area contributed by atoms with E-state index in [1.54, 1.807) is 0 Å². The predicted molar refractivity (Wildman–Crippen MR) is 78.3 cm³/mol. The van der Waals surface area contributed by atoms with Gasteiger partial charge < -0.3 is 9.90 Å². The summed E-state index contributed by atoms with van der Waals surface area (Å²) in [5.41, 5.74) is 0.0199. The molecular weight excluding hydrogens is 328 g/mol. The van der Waals surface area contributed by atoms with Crippen LogP contribution in [-0.2, 0) is 4.79 Å². The molecule has 0 spiro atoms. The fraction of sp³-hybridized carbons (Fsp3) is 0. The first-order chi connectivity index (χ1) is 10.9. The summed E-state index contributed by atoms with van der Waals surface area (Å²) in [4.78, 5) is 21.3. The monoisotopic (exact) mass is 336 g/mol. The van der Waals surface area contributed by atoms with Crippen molar-refractivity contribution in [1.29, 1.82) is 0 Å². The van der Waals surface area contributed by atoms with Gasteiger partial charge in [-0.2, -0.15) is 0 Å². The molecule has 0 radical (unpaired) electrons. The van der Waals surface area contributed by atoms with Crippen LogP contribution in [0.25, 0.3) is 6.08 Å². The molecule has 2 aromatic carbocycles. The number of hydrogen-bond donors (Lipinski definition) is 0. The minimum atomic E-state index is -1.50. The van der Waals surface area contributed by atoms with Gasteiger partial charge in [0, 0.05) is 21.9 Å². The average Bonchev–Trinajstić information content (AvgIpc) is 2.50. The minimum Gasteiger partial charge on any atom is -0.544 e. The van der Waals surface area contributed by atoms with Crippen molar-refractivity contribution in [3.05, 3.63) is 74.7 Å². The highest BCUT2D eigenvalue weighted by atomic mass is 32.2. The number of carbonyl (C=O) groups is 1. The van der Waals surface area contributed by atoms with Gasteiger partial charge in [-0.15, -0.1) is 0 Å². The lowest BCUT2D eigenvalue weighted by Gasteiger charge is -2.08. The van der Waals surface area contributed by atoms with E-state index in [0.717, 1.165) is 30.0 Å². The number of benzene rings is 2. The number of carbonyl (C=O) groups excluding carboxylic acids is 1. The first kappa shape index (κ1) is 16.6. The molecule has 0 amide bonds. The molecule has 2 rings (SSSR count). The summed E-state index contributed by atoms with van der Waals surface area (Å²) in [5, 5.41) is 21.7. The standard InChI is InChI=1S/C15H9F2NO4S/c16-12-6-1-9(7-13(12)17)8-14(15(19)20)23-11-4-2-10(3-5-11)18(21)22/h1-8H,(H,19,20)/p-1/b14-8+. The van der Waals surface area contributed by atoms with Crippen molar-refractivity contribution < 1.29 is 23.6 Å². The topological polar surface area (TPSA) is 83.3 Å². The molecule has 0 aromatic heterocycles. The number of nitro groups is 1. The molecule has 0 bridgehead atoms. The van der Waals surface area contributed by atoms with E-state index in [1.165, 1.54) is 30.3 Å². The second-order valence-corrected chi connectivity index (χ2v) is 5.44. The summed E-state index contributed by atoms with van der Waals surface area (Å²) in [7, 11) is 0. The van der Waals surface area contributed by atoms with Crippen LogP contribution in [0.5, 0.6) is 0 Å². The molecule has 0 saturated heterocycles. The van der Waals surface area contributed by atoms with E-state index in [2.05, 4.69) is 0 Å². The van der Waals surface area contributed by atoms with E-state index < -0.39 is 22.5 Å². The van der Waals surface area contributed by atoms with Crippen LogP contribution in [0.4, 0.5) is 14.5 Å². The van der Waals surface area contributed by atoms with E-state index in [-0.39, 0.29) is 16.2 Å². The molecule has 5 nitrogen and oxygen atoms in total. The molecule has 0 aliphatic carbocycles. The molecule has 0 heterocycles. The van der Waals surface area contributed by atoms with Gasteiger partial charge in [0.1, 0.15) is 0 Å². The summed E-state index contributed by atoms with van der Waals surface area (Å²) in [6, 6.07) is 8.17. The van der Waals surface area contributed by atoms with Gasteiger partial charge in [-0.25, -0.2) is 8.78 Å². The zero-order valence-electron chi connectivity index (χ0n) is 11.4. The first-order valence-corrected chi connectivity index (χ1v) is 6.99. The van der Waals surface area contributed by atoms with Crippen LogP contribution >= 0.6 is 11.8 Å². The lowest BCUT2D eigenvalue weighted by molar-refractivity contribution is -0.384. The van der Waals surface area contributed by atoms with E-state index in [1.807, 2.05) is 0 Å². The number of nitrogens with zero attached hydrogens (tertiary/aromatic N) is 1. The number of nitro benzene ring substituents is 1. The Hall–Kier alpha value is -2.74. The average molecular weight is 336 g/mol. The van der Waals surface area contributed by atoms with Crippen LogP contribution < -0.4 is 5.11 Å². The molecule has 0 fully saturated rings. The third-order valence-electron chi connectivity index (χ3n) is 2.72. The van der Waals surface area contributed by atoms with Gasteiger partial charge in [-0.05, 0) is 35.9 Å². The van der Waals surface area contributed by atoms with Crippen LogP contribution in [0.2, 0.25) is 0 Å². The minimum absolute atomic E-state index is 0.131. The normalized spacial score (nSPS) is 11.3. The Morgan fingerprint density at radius 1 is 1.09 bits per heavy atom. The number of halogens is 2. The number of rotatable bonds is 5. The van der Waals surface area contributed by atoms with Crippen molar-refractivity contribution in [2.75, 3.05) is 0 Å². The third kappa shape index (κ3) is 4.36. The fourth-order valence-electron chi connectivity index (χ4n) is 1.65. The highest BCUT2D eigenvalue weighted by Gasteiger charge is 2.08. The van der Waals surface area contributed by atoms with Crippen molar-refractivity contribution >= 4 is 29.5 Å². The molecule has 0 aliphatic rings. The molecule has 8 heteroatoms. The Labute approximate surface area is 133 Å². The van der Waals surface area contributed by atoms with Crippen molar-refractivity contribution in [2.45, 2.75) is 4.90 Å². The zero-order valence-corrected chi connectivity index (χ0v) is 12.2. The van der Waals surface area contributed by atoms with Crippen LogP contribution in [0.1, 0.15) is 5.56 Å². The summed E-state index contributed by atoms with van der Waals surface area (Å²) < 4.78 is 26.0. The Bertz CT molecular complexity index is 791. The number of thioether (sulfide) groups is 1. The second kappa shape index (κ2) is 7.01. The van der Waals surface area contributed by atoms with Gasteiger partial charge in [-0.1, -0.05) is 17.8 Å². The molecule has 23 heavy (non-hydrogen) atoms. The third-order valence-corrected chi connectivity index (χ3v) is 3.73. The number of hydrogen-bond acceptors (Lipinski definition) is 5. The summed E-state index contributed by atoms with van der Waals surface area (Å²) in [5.74, 6) is -3.64. The second-order valence-electron chi connectivity index (χ2n) is 4.32. The number of non-ortho nitro benzene ring substituents is 1. The van der Waals surface area contributed by atoms with Gasteiger partial charge in [0.15, 0.2) is 11.6 Å². The van der Waals surface area contributed by atoms with Crippen molar-refractivity contribution in [2.24, 2.45) is 0 Å². The zero-order chi connectivity index (χ0) is 17.0. The van der Waals surface area contributed by atoms with E-state index >= 15 is 0 Å². The largest absolute Gasteiger partial charge is 0.544 e. The van der Waals surface area contributed by atoms with Crippen LogP contribution in [0.15, 0.2) is 52.3 Å². The van der Waals surface area contributed by atoms with E-state index in [0.29, 0.717) is 4.90 Å². The Kier molecular flexibility index (Phi) is 5.07. The molecule has 0 atom stereocenters. The molecule has 0 unspecified atom stereocenters. The van der Waals surface area contributed by atoms with Crippen molar-refractivity contribution in [1.82, 2.24) is 0 Å². The van der Waals surface area contributed by atoms with Gasteiger partial charge in [0.05, 0.1) is 10.9 Å². The maximum atomic E-state index is 13.1. The van der Waals surface area contributed by atoms with Crippen molar-refractivity contribution in [3.8, 4) is 0 Å². The Morgan fingerprint density at radius 2 is 1.74 bits per heavy atom. The highest BCUT2D eigenvalue weighted by molar-refractivity contribution is 8.04. The number of carboxylic acids is 1. The van der Waals surface area contributed by atoms with E-state index in [4.69, 9.17) is 0 Å². The predicted octanol–water partition coefficient (Wildman–Crippen LogP) is 2.76. The molecule has 0 N–H and O–H groups in total. The Morgan fingerprint density at radius 3 is 2.26 bits per heavy atom. The summed E-state index contributed by atoms with van der Waals surface area (Å²) in [6.45, 7) is 0. The Balaban J connectivity index is 2.27. The molecule has 0 saturated carbocycles. The van der Waals surface area contributed by atoms with E-state index in [9.17, 15) is 28.8 Å². The van der Waals surface area contributed by atoms with Crippen LogP contribution in [0, 0.1) is 21.7 Å². The smallest absolute Gasteiger partial charge is 0.269 e. The van der Waals surface area contributed by atoms with Crippen LogP contribution in [-0.4, -0.2) is 10.9 Å². The quantitative estimate of drug-likeness (QED) is 0.363. The first-order valence-electron chi connectivity index (χ1n) is 6.17. The van der Waals surface area contributed by atoms with Gasteiger partial charge in [-0.3, -0.25) is 10.1 Å². The molecule has 118 valence electrons. The molecule has 0 aliphatic heterocycles. The van der Waals surface area contributed by atoms with Gasteiger partial charge >= 0.3 is 0 Å². The fourth-order valence-corrected chi connectivity index (χ4v) is 2.45. The summed E-state index contributed by atoms with van der Waals surface area (Å²) in [6.07, 6.45) is 1.13.